The maximum Gasteiger partial charge on any atom is 0.159 e. The summed E-state index contributed by atoms with van der Waals surface area (Å²) in [6.45, 7) is 1.88. The Kier molecular flexibility index (Phi) is 4.07. The Hall–Kier alpha value is -4.39. The molecule has 0 spiro atoms. The van der Waals surface area contributed by atoms with E-state index in [-0.39, 0.29) is 5.82 Å². The summed E-state index contributed by atoms with van der Waals surface area (Å²) >= 11 is 0. The van der Waals surface area contributed by atoms with E-state index in [1.54, 1.807) is 18.6 Å². The van der Waals surface area contributed by atoms with E-state index in [4.69, 9.17) is 4.98 Å². The molecule has 4 aromatic heterocycles. The summed E-state index contributed by atoms with van der Waals surface area (Å²) in [5, 5.41) is 8.43. The van der Waals surface area contributed by atoms with E-state index in [2.05, 4.69) is 25.1 Å². The number of benzene rings is 2. The van der Waals surface area contributed by atoms with Gasteiger partial charge in [-0.2, -0.15) is 5.10 Å². The molecule has 32 heavy (non-hydrogen) atoms. The zero-order valence-corrected chi connectivity index (χ0v) is 17.1. The van der Waals surface area contributed by atoms with Crippen LogP contribution in [-0.2, 0) is 0 Å². The smallest absolute Gasteiger partial charge is 0.159 e. The molecule has 0 fully saturated rings. The van der Waals surface area contributed by atoms with Gasteiger partial charge in [-0.3, -0.25) is 15.1 Å². The quantitative estimate of drug-likeness (QED) is 0.386. The van der Waals surface area contributed by atoms with Crippen LogP contribution in [0.25, 0.3) is 55.8 Å². The van der Waals surface area contributed by atoms with Gasteiger partial charge in [-0.25, -0.2) is 9.37 Å². The second-order valence-corrected chi connectivity index (χ2v) is 7.73. The highest BCUT2D eigenvalue weighted by atomic mass is 19.1. The van der Waals surface area contributed by atoms with Crippen molar-refractivity contribution in [1.82, 2.24) is 30.1 Å². The number of aryl methyl sites for hydroxylation is 1. The van der Waals surface area contributed by atoms with Gasteiger partial charge in [0.1, 0.15) is 11.5 Å². The highest BCUT2D eigenvalue weighted by molar-refractivity contribution is 5.97. The minimum Gasteiger partial charge on any atom is -0.337 e. The minimum absolute atomic E-state index is 0.263. The monoisotopic (exact) mass is 420 g/mol. The minimum atomic E-state index is -0.263. The summed E-state index contributed by atoms with van der Waals surface area (Å²) < 4.78 is 14.0. The average Bonchev–Trinajstić information content (AvgIpc) is 3.42. The summed E-state index contributed by atoms with van der Waals surface area (Å²) in [4.78, 5) is 16.9. The standard InChI is InChI=1S/C25H17FN6/c1-14-8-16(10-17(26)9-14)18-5-2-6-20-23(18)30-25(29-20)24-19-11-21(15-4-3-7-27-12-15)28-13-22(19)31-32-24/h2-13H,1H3,(H,29,30)(H,31,32). The molecule has 6 aromatic rings. The number of fused-ring (bicyclic) bond motifs is 2. The van der Waals surface area contributed by atoms with Crippen molar-refractivity contribution in [2.24, 2.45) is 0 Å². The van der Waals surface area contributed by atoms with E-state index in [1.165, 1.54) is 12.1 Å². The van der Waals surface area contributed by atoms with E-state index < -0.39 is 0 Å². The van der Waals surface area contributed by atoms with Crippen LogP contribution in [0.3, 0.4) is 0 Å². The van der Waals surface area contributed by atoms with E-state index in [0.29, 0.717) is 11.5 Å². The SMILES string of the molecule is Cc1cc(F)cc(-c2cccc3[nH]c(-c4n[nH]c5cnc(-c6cccnc6)cc45)nc23)c1. The molecule has 7 heteroatoms. The van der Waals surface area contributed by atoms with Crippen LogP contribution in [0.5, 0.6) is 0 Å². The molecule has 4 heterocycles. The molecular weight excluding hydrogens is 403 g/mol. The molecule has 2 aromatic carbocycles. The predicted octanol–water partition coefficient (Wildman–Crippen LogP) is 5.68. The molecule has 0 atom stereocenters. The van der Waals surface area contributed by atoms with Crippen LogP contribution < -0.4 is 0 Å². The molecule has 6 nitrogen and oxygen atoms in total. The predicted molar refractivity (Wildman–Crippen MR) is 122 cm³/mol. The van der Waals surface area contributed by atoms with Gasteiger partial charge in [-0.05, 0) is 54.4 Å². The van der Waals surface area contributed by atoms with Gasteiger partial charge < -0.3 is 4.98 Å². The molecule has 0 unspecified atom stereocenters. The number of nitrogens with one attached hydrogen (secondary N) is 2. The fourth-order valence-corrected chi connectivity index (χ4v) is 4.04. The van der Waals surface area contributed by atoms with E-state index >= 15 is 0 Å². The number of pyridine rings is 2. The van der Waals surface area contributed by atoms with Gasteiger partial charge in [0.05, 0.1) is 28.4 Å². The van der Waals surface area contributed by atoms with Crippen molar-refractivity contribution in [2.45, 2.75) is 6.92 Å². The van der Waals surface area contributed by atoms with Gasteiger partial charge >= 0.3 is 0 Å². The Morgan fingerprint density at radius 1 is 0.906 bits per heavy atom. The number of rotatable bonds is 3. The summed E-state index contributed by atoms with van der Waals surface area (Å²) in [6, 6.07) is 16.7. The van der Waals surface area contributed by atoms with E-state index in [1.807, 2.05) is 49.4 Å². The van der Waals surface area contributed by atoms with Crippen LogP contribution in [0, 0.1) is 12.7 Å². The number of H-pyrrole nitrogens is 2. The first-order chi connectivity index (χ1) is 15.7. The molecule has 0 aliphatic heterocycles. The Labute approximate surface area is 182 Å². The van der Waals surface area contributed by atoms with Crippen molar-refractivity contribution < 1.29 is 4.39 Å². The number of hydrogen-bond donors (Lipinski definition) is 2. The van der Waals surface area contributed by atoms with Gasteiger partial charge in [0.2, 0.25) is 0 Å². The third kappa shape index (κ3) is 3.02. The third-order valence-electron chi connectivity index (χ3n) is 5.49. The number of aromatic amines is 2. The van der Waals surface area contributed by atoms with Crippen molar-refractivity contribution in [3.05, 3.63) is 84.6 Å². The lowest BCUT2D eigenvalue weighted by Gasteiger charge is -2.04. The summed E-state index contributed by atoms with van der Waals surface area (Å²) in [6.07, 6.45) is 5.28. The molecule has 0 saturated heterocycles. The Bertz CT molecular complexity index is 1580. The van der Waals surface area contributed by atoms with Crippen molar-refractivity contribution in [3.8, 4) is 33.9 Å². The lowest BCUT2D eigenvalue weighted by Crippen LogP contribution is -1.86. The Morgan fingerprint density at radius 2 is 1.84 bits per heavy atom. The summed E-state index contributed by atoms with van der Waals surface area (Å²) in [7, 11) is 0. The van der Waals surface area contributed by atoms with Crippen LogP contribution >= 0.6 is 0 Å². The van der Waals surface area contributed by atoms with E-state index in [9.17, 15) is 4.39 Å². The number of aromatic nitrogens is 6. The Morgan fingerprint density at radius 3 is 2.69 bits per heavy atom. The fraction of sp³-hybridized carbons (Fsp3) is 0.0400. The van der Waals surface area contributed by atoms with Crippen LogP contribution in [0.1, 0.15) is 5.56 Å². The topological polar surface area (TPSA) is 83.1 Å². The van der Waals surface area contributed by atoms with Gasteiger partial charge in [-0.1, -0.05) is 18.2 Å². The number of nitrogens with zero attached hydrogens (tertiary/aromatic N) is 4. The molecule has 0 bridgehead atoms. The second-order valence-electron chi connectivity index (χ2n) is 7.73. The highest BCUT2D eigenvalue weighted by Gasteiger charge is 2.16. The van der Waals surface area contributed by atoms with Crippen LogP contribution in [-0.4, -0.2) is 30.1 Å². The average molecular weight is 420 g/mol. The molecular formula is C25H17FN6. The normalized spacial score (nSPS) is 11.4. The zero-order valence-electron chi connectivity index (χ0n) is 17.1. The van der Waals surface area contributed by atoms with Crippen molar-refractivity contribution >= 4 is 21.9 Å². The molecule has 2 N–H and O–H groups in total. The van der Waals surface area contributed by atoms with Crippen molar-refractivity contribution in [2.75, 3.05) is 0 Å². The largest absolute Gasteiger partial charge is 0.337 e. The van der Waals surface area contributed by atoms with Crippen LogP contribution in [0.15, 0.2) is 73.2 Å². The van der Waals surface area contributed by atoms with E-state index in [0.717, 1.165) is 49.9 Å². The fourth-order valence-electron chi connectivity index (χ4n) is 4.04. The molecule has 0 saturated carbocycles. The number of para-hydroxylation sites is 1. The number of hydrogen-bond acceptors (Lipinski definition) is 4. The van der Waals surface area contributed by atoms with Gasteiger partial charge in [0, 0.05) is 28.9 Å². The van der Waals surface area contributed by atoms with Crippen LogP contribution in [0.4, 0.5) is 4.39 Å². The first kappa shape index (κ1) is 18.4. The molecule has 154 valence electrons. The van der Waals surface area contributed by atoms with Crippen molar-refractivity contribution in [1.29, 1.82) is 0 Å². The van der Waals surface area contributed by atoms with Gasteiger partial charge in [0.25, 0.3) is 0 Å². The first-order valence-electron chi connectivity index (χ1n) is 10.2. The molecule has 0 radical (unpaired) electrons. The maximum absolute atomic E-state index is 14.0. The third-order valence-corrected chi connectivity index (χ3v) is 5.49. The summed E-state index contributed by atoms with van der Waals surface area (Å²) in [5.41, 5.74) is 7.39. The van der Waals surface area contributed by atoms with Gasteiger partial charge in [0.15, 0.2) is 5.82 Å². The van der Waals surface area contributed by atoms with Crippen LogP contribution in [0.2, 0.25) is 0 Å². The highest BCUT2D eigenvalue weighted by Crippen LogP contribution is 2.33. The Balaban J connectivity index is 1.52. The maximum atomic E-state index is 14.0. The molecule has 0 aliphatic rings. The lowest BCUT2D eigenvalue weighted by atomic mass is 10.0. The molecule has 0 amide bonds. The molecule has 0 aliphatic carbocycles. The number of halogens is 1. The first-order valence-corrected chi connectivity index (χ1v) is 10.2. The molecule has 6 rings (SSSR count). The summed E-state index contributed by atoms with van der Waals surface area (Å²) in [5.74, 6) is 0.372. The van der Waals surface area contributed by atoms with Crippen molar-refractivity contribution in [3.63, 3.8) is 0 Å². The lowest BCUT2D eigenvalue weighted by molar-refractivity contribution is 0.627. The second kappa shape index (κ2) is 7.09. The van der Waals surface area contributed by atoms with Gasteiger partial charge in [-0.15, -0.1) is 0 Å². The number of imidazole rings is 1. The zero-order chi connectivity index (χ0) is 21.7.